The number of hydrogen-bond acceptors (Lipinski definition) is 2. The van der Waals surface area contributed by atoms with Gasteiger partial charge in [-0.3, -0.25) is 4.79 Å². The SMILES string of the molecule is C=C[C@@H]1C(=O)N(c2ccc(OC)cc2)[C@H]1/C=C/c1ccccc1. The zero-order valence-corrected chi connectivity index (χ0v) is 13.1. The lowest BCUT2D eigenvalue weighted by molar-refractivity contribution is -0.126. The van der Waals surface area contributed by atoms with E-state index in [1.165, 1.54) is 0 Å². The number of β-lactam (4-membered cyclic amide) rings is 1. The highest BCUT2D eigenvalue weighted by Crippen LogP contribution is 2.35. The highest BCUT2D eigenvalue weighted by molar-refractivity contribution is 6.05. The average molecular weight is 305 g/mol. The van der Waals surface area contributed by atoms with Crippen LogP contribution in [0, 0.1) is 5.92 Å². The van der Waals surface area contributed by atoms with Crippen molar-refractivity contribution in [2.24, 2.45) is 5.92 Å². The van der Waals surface area contributed by atoms with E-state index in [1.54, 1.807) is 18.1 Å². The van der Waals surface area contributed by atoms with Gasteiger partial charge in [0.15, 0.2) is 0 Å². The Morgan fingerprint density at radius 2 is 1.78 bits per heavy atom. The van der Waals surface area contributed by atoms with Crippen LogP contribution in [0.2, 0.25) is 0 Å². The molecule has 0 radical (unpaired) electrons. The fourth-order valence-corrected chi connectivity index (χ4v) is 2.79. The van der Waals surface area contributed by atoms with Crippen LogP contribution in [0.25, 0.3) is 6.08 Å². The van der Waals surface area contributed by atoms with Crippen LogP contribution in [-0.2, 0) is 4.79 Å². The third-order valence-electron chi connectivity index (χ3n) is 4.08. The first kappa shape index (κ1) is 15.1. The molecular weight excluding hydrogens is 286 g/mol. The van der Waals surface area contributed by atoms with Crippen molar-refractivity contribution < 1.29 is 9.53 Å². The molecule has 0 spiro atoms. The number of rotatable bonds is 5. The van der Waals surface area contributed by atoms with Crippen LogP contribution in [0.5, 0.6) is 5.75 Å². The fourth-order valence-electron chi connectivity index (χ4n) is 2.79. The molecule has 1 amide bonds. The Kier molecular flexibility index (Phi) is 4.29. The van der Waals surface area contributed by atoms with Gasteiger partial charge in [0, 0.05) is 5.69 Å². The van der Waals surface area contributed by atoms with Gasteiger partial charge < -0.3 is 9.64 Å². The Morgan fingerprint density at radius 1 is 1.09 bits per heavy atom. The Labute approximate surface area is 136 Å². The smallest absolute Gasteiger partial charge is 0.236 e. The Bertz CT molecular complexity index is 719. The predicted octanol–water partition coefficient (Wildman–Crippen LogP) is 3.93. The molecule has 0 saturated carbocycles. The average Bonchev–Trinajstić information content (AvgIpc) is 2.60. The van der Waals surface area contributed by atoms with Crippen LogP contribution in [0.3, 0.4) is 0 Å². The summed E-state index contributed by atoms with van der Waals surface area (Å²) in [5.74, 6) is 0.684. The number of methoxy groups -OCH3 is 1. The predicted molar refractivity (Wildman–Crippen MR) is 93.4 cm³/mol. The summed E-state index contributed by atoms with van der Waals surface area (Å²) >= 11 is 0. The minimum absolute atomic E-state index is 0.00592. The summed E-state index contributed by atoms with van der Waals surface area (Å²) in [6, 6.07) is 17.6. The normalized spacial score (nSPS) is 20.4. The van der Waals surface area contributed by atoms with Crippen molar-refractivity contribution >= 4 is 17.7 Å². The zero-order chi connectivity index (χ0) is 16.2. The lowest BCUT2D eigenvalue weighted by Gasteiger charge is -2.44. The second kappa shape index (κ2) is 6.53. The number of benzene rings is 2. The number of ether oxygens (including phenoxy) is 1. The Hall–Kier alpha value is -2.81. The van der Waals surface area contributed by atoms with Crippen LogP contribution < -0.4 is 9.64 Å². The molecule has 1 fully saturated rings. The fraction of sp³-hybridized carbons (Fsp3) is 0.150. The molecule has 3 nitrogen and oxygen atoms in total. The topological polar surface area (TPSA) is 29.5 Å². The van der Waals surface area contributed by atoms with Gasteiger partial charge in [-0.15, -0.1) is 6.58 Å². The summed E-state index contributed by atoms with van der Waals surface area (Å²) in [7, 11) is 1.63. The van der Waals surface area contributed by atoms with Crippen molar-refractivity contribution in [1.29, 1.82) is 0 Å². The summed E-state index contributed by atoms with van der Waals surface area (Å²) in [6.07, 6.45) is 5.83. The van der Waals surface area contributed by atoms with Crippen molar-refractivity contribution in [3.05, 3.63) is 78.9 Å². The van der Waals surface area contributed by atoms with E-state index in [1.807, 2.05) is 60.7 Å². The van der Waals surface area contributed by atoms with E-state index in [-0.39, 0.29) is 17.9 Å². The van der Waals surface area contributed by atoms with Gasteiger partial charge in [-0.2, -0.15) is 0 Å². The molecule has 2 atom stereocenters. The van der Waals surface area contributed by atoms with Gasteiger partial charge in [0.2, 0.25) is 5.91 Å². The van der Waals surface area contributed by atoms with Crippen LogP contribution in [-0.4, -0.2) is 19.1 Å². The molecule has 3 rings (SSSR count). The van der Waals surface area contributed by atoms with E-state index in [4.69, 9.17) is 4.74 Å². The monoisotopic (exact) mass is 305 g/mol. The molecule has 2 aromatic rings. The number of nitrogens with zero attached hydrogens (tertiary/aromatic N) is 1. The first-order valence-corrected chi connectivity index (χ1v) is 7.57. The lowest BCUT2D eigenvalue weighted by atomic mass is 9.86. The third-order valence-corrected chi connectivity index (χ3v) is 4.08. The van der Waals surface area contributed by atoms with Crippen molar-refractivity contribution in [3.8, 4) is 5.75 Å². The van der Waals surface area contributed by atoms with E-state index >= 15 is 0 Å². The van der Waals surface area contributed by atoms with E-state index < -0.39 is 0 Å². The Balaban J connectivity index is 1.84. The van der Waals surface area contributed by atoms with E-state index in [9.17, 15) is 4.79 Å². The molecule has 0 aliphatic carbocycles. The number of hydrogen-bond donors (Lipinski definition) is 0. The molecule has 1 aliphatic rings. The molecule has 0 N–H and O–H groups in total. The van der Waals surface area contributed by atoms with Gasteiger partial charge in [-0.1, -0.05) is 48.6 Å². The second-order valence-corrected chi connectivity index (χ2v) is 5.43. The molecule has 3 heteroatoms. The highest BCUT2D eigenvalue weighted by Gasteiger charge is 2.44. The van der Waals surface area contributed by atoms with Crippen molar-refractivity contribution in [1.82, 2.24) is 0 Å². The summed E-state index contributed by atoms with van der Waals surface area (Å²) < 4.78 is 5.17. The molecule has 0 bridgehead atoms. The number of carbonyl (C=O) groups excluding carboxylic acids is 1. The van der Waals surface area contributed by atoms with Gasteiger partial charge in [0.1, 0.15) is 5.75 Å². The second-order valence-electron chi connectivity index (χ2n) is 5.43. The zero-order valence-electron chi connectivity index (χ0n) is 13.1. The molecular formula is C20H19NO2. The van der Waals surface area contributed by atoms with Gasteiger partial charge in [-0.25, -0.2) is 0 Å². The number of amides is 1. The summed E-state index contributed by atoms with van der Waals surface area (Å²) in [4.78, 5) is 14.2. The molecule has 0 aromatic heterocycles. The van der Waals surface area contributed by atoms with Gasteiger partial charge in [0.05, 0.1) is 19.1 Å². The third kappa shape index (κ3) is 2.90. The summed E-state index contributed by atoms with van der Waals surface area (Å²) in [5.41, 5.74) is 1.99. The van der Waals surface area contributed by atoms with Crippen molar-refractivity contribution in [2.75, 3.05) is 12.0 Å². The Morgan fingerprint density at radius 3 is 2.39 bits per heavy atom. The standard InChI is InChI=1S/C20H19NO2/c1-3-18-19(14-9-15-7-5-4-6-8-15)21(20(18)22)16-10-12-17(23-2)13-11-16/h3-14,18-19H,1H2,2H3/b14-9+/t18-,19-/m0/s1. The van der Waals surface area contributed by atoms with Gasteiger partial charge in [0.25, 0.3) is 0 Å². The molecule has 0 unspecified atom stereocenters. The molecule has 23 heavy (non-hydrogen) atoms. The number of anilines is 1. The van der Waals surface area contributed by atoms with Crippen LogP contribution in [0.1, 0.15) is 5.56 Å². The first-order valence-electron chi connectivity index (χ1n) is 7.57. The van der Waals surface area contributed by atoms with Crippen LogP contribution >= 0.6 is 0 Å². The molecule has 116 valence electrons. The minimum atomic E-state index is -0.169. The maximum atomic E-state index is 12.4. The maximum Gasteiger partial charge on any atom is 0.236 e. The highest BCUT2D eigenvalue weighted by atomic mass is 16.5. The van der Waals surface area contributed by atoms with Crippen molar-refractivity contribution in [2.45, 2.75) is 6.04 Å². The summed E-state index contributed by atoms with van der Waals surface area (Å²) in [5, 5.41) is 0. The van der Waals surface area contributed by atoms with E-state index in [0.717, 1.165) is 17.0 Å². The van der Waals surface area contributed by atoms with Gasteiger partial charge >= 0.3 is 0 Å². The maximum absolute atomic E-state index is 12.4. The quantitative estimate of drug-likeness (QED) is 0.619. The lowest BCUT2D eigenvalue weighted by Crippen LogP contribution is -2.59. The van der Waals surface area contributed by atoms with E-state index in [0.29, 0.717) is 0 Å². The van der Waals surface area contributed by atoms with Crippen LogP contribution in [0.15, 0.2) is 73.3 Å². The van der Waals surface area contributed by atoms with Crippen LogP contribution in [0.4, 0.5) is 5.69 Å². The summed E-state index contributed by atoms with van der Waals surface area (Å²) in [6.45, 7) is 3.79. The van der Waals surface area contributed by atoms with Crippen molar-refractivity contribution in [3.63, 3.8) is 0 Å². The molecule has 2 aromatic carbocycles. The molecule has 1 heterocycles. The largest absolute Gasteiger partial charge is 0.497 e. The first-order chi connectivity index (χ1) is 11.2. The number of carbonyl (C=O) groups is 1. The minimum Gasteiger partial charge on any atom is -0.497 e. The van der Waals surface area contributed by atoms with Gasteiger partial charge in [-0.05, 0) is 29.8 Å². The molecule has 1 aliphatic heterocycles. The molecule has 1 saturated heterocycles. The van der Waals surface area contributed by atoms with E-state index in [2.05, 4.69) is 12.7 Å².